The highest BCUT2D eigenvalue weighted by Gasteiger charge is 2.26. The Kier molecular flexibility index (Phi) is 6.16. The summed E-state index contributed by atoms with van der Waals surface area (Å²) in [6.07, 6.45) is 0. The van der Waals surface area contributed by atoms with Crippen LogP contribution < -0.4 is 0 Å². The van der Waals surface area contributed by atoms with E-state index in [1.54, 1.807) is 13.8 Å². The molecule has 0 aliphatic carbocycles. The van der Waals surface area contributed by atoms with E-state index in [2.05, 4.69) is 0 Å². The van der Waals surface area contributed by atoms with Crippen molar-refractivity contribution in [1.82, 2.24) is 9.80 Å². The Morgan fingerprint density at radius 2 is 1.76 bits per heavy atom. The number of carboxylic acid groups (broad SMARTS) is 2. The molecule has 21 heavy (non-hydrogen) atoms. The second kappa shape index (κ2) is 7.63. The molecule has 0 spiro atoms. The number of carbonyl (C=O) groups is 3. The Balaban J connectivity index is 2.89. The van der Waals surface area contributed by atoms with Crippen LogP contribution in [0.15, 0.2) is 17.5 Å². The molecule has 7 nitrogen and oxygen atoms in total. The van der Waals surface area contributed by atoms with Crippen molar-refractivity contribution in [2.24, 2.45) is 0 Å². The topological polar surface area (TPSA) is 98.2 Å². The Labute approximate surface area is 126 Å². The van der Waals surface area contributed by atoms with E-state index in [0.717, 1.165) is 9.78 Å². The Bertz CT molecular complexity index is 485. The number of aliphatic carboxylic acids is 2. The predicted octanol–water partition coefficient (Wildman–Crippen LogP) is 1.55. The van der Waals surface area contributed by atoms with Gasteiger partial charge in [0.15, 0.2) is 0 Å². The zero-order chi connectivity index (χ0) is 16.0. The van der Waals surface area contributed by atoms with Crippen molar-refractivity contribution in [2.45, 2.75) is 26.4 Å². The van der Waals surface area contributed by atoms with E-state index in [9.17, 15) is 14.4 Å². The van der Waals surface area contributed by atoms with E-state index in [1.165, 1.54) is 16.2 Å². The summed E-state index contributed by atoms with van der Waals surface area (Å²) in [7, 11) is 0. The lowest BCUT2D eigenvalue weighted by molar-refractivity contribution is -0.140. The molecule has 0 bridgehead atoms. The zero-order valence-electron chi connectivity index (χ0n) is 11.9. The molecule has 0 fully saturated rings. The molecule has 116 valence electrons. The van der Waals surface area contributed by atoms with Gasteiger partial charge in [-0.3, -0.25) is 9.59 Å². The highest BCUT2D eigenvalue weighted by molar-refractivity contribution is 7.09. The molecule has 0 saturated carbocycles. The second-order valence-corrected chi connectivity index (χ2v) is 5.76. The van der Waals surface area contributed by atoms with Gasteiger partial charge < -0.3 is 20.0 Å². The minimum absolute atomic E-state index is 0.176. The molecule has 0 saturated heterocycles. The van der Waals surface area contributed by atoms with Crippen LogP contribution in [0.25, 0.3) is 0 Å². The fourth-order valence-corrected chi connectivity index (χ4v) is 2.44. The monoisotopic (exact) mass is 314 g/mol. The lowest BCUT2D eigenvalue weighted by Gasteiger charge is -2.31. The maximum Gasteiger partial charge on any atom is 0.323 e. The van der Waals surface area contributed by atoms with Gasteiger partial charge in [0.2, 0.25) is 0 Å². The highest BCUT2D eigenvalue weighted by Crippen LogP contribution is 2.15. The van der Waals surface area contributed by atoms with Crippen molar-refractivity contribution in [3.8, 4) is 0 Å². The van der Waals surface area contributed by atoms with Gasteiger partial charge in [-0.1, -0.05) is 6.07 Å². The third kappa shape index (κ3) is 5.42. The van der Waals surface area contributed by atoms with E-state index in [-0.39, 0.29) is 6.04 Å². The Morgan fingerprint density at radius 3 is 2.14 bits per heavy atom. The summed E-state index contributed by atoms with van der Waals surface area (Å²) in [5.74, 6) is -2.49. The van der Waals surface area contributed by atoms with Crippen LogP contribution in [0.5, 0.6) is 0 Å². The summed E-state index contributed by atoms with van der Waals surface area (Å²) in [5.41, 5.74) is 0. The van der Waals surface area contributed by atoms with E-state index < -0.39 is 31.1 Å². The molecule has 1 aromatic heterocycles. The number of thiophene rings is 1. The molecule has 8 heteroatoms. The number of nitrogens with zero attached hydrogens (tertiary/aromatic N) is 2. The van der Waals surface area contributed by atoms with Gasteiger partial charge >= 0.3 is 18.0 Å². The number of amides is 2. The first-order valence-electron chi connectivity index (χ1n) is 6.32. The molecule has 1 rings (SSSR count). The molecule has 2 N–H and O–H groups in total. The van der Waals surface area contributed by atoms with Crippen molar-refractivity contribution < 1.29 is 24.6 Å². The molecule has 1 aromatic rings. The van der Waals surface area contributed by atoms with Gasteiger partial charge in [-0.2, -0.15) is 0 Å². The van der Waals surface area contributed by atoms with Gasteiger partial charge in [0, 0.05) is 10.9 Å². The van der Waals surface area contributed by atoms with Gasteiger partial charge in [0.25, 0.3) is 0 Å². The van der Waals surface area contributed by atoms with Crippen LogP contribution in [-0.2, 0) is 16.1 Å². The summed E-state index contributed by atoms with van der Waals surface area (Å²) in [5, 5.41) is 19.5. The van der Waals surface area contributed by atoms with Crippen LogP contribution in [0.2, 0.25) is 0 Å². The number of hydrogen-bond acceptors (Lipinski definition) is 4. The Hall–Kier alpha value is -2.09. The van der Waals surface area contributed by atoms with Gasteiger partial charge in [-0.15, -0.1) is 11.3 Å². The fraction of sp³-hybridized carbons (Fsp3) is 0.462. The van der Waals surface area contributed by atoms with Crippen LogP contribution in [-0.4, -0.2) is 57.1 Å². The average molecular weight is 314 g/mol. The summed E-state index contributed by atoms with van der Waals surface area (Å²) in [4.78, 5) is 37.2. The average Bonchev–Trinajstić information content (AvgIpc) is 2.85. The number of carbonyl (C=O) groups excluding carboxylic acids is 1. The molecule has 0 aromatic carbocycles. The van der Waals surface area contributed by atoms with Crippen LogP contribution >= 0.6 is 11.3 Å². The maximum absolute atomic E-state index is 12.4. The Morgan fingerprint density at radius 1 is 1.19 bits per heavy atom. The van der Waals surface area contributed by atoms with Crippen LogP contribution in [0.1, 0.15) is 18.7 Å². The molecular weight excluding hydrogens is 296 g/mol. The molecule has 0 aliphatic heterocycles. The maximum atomic E-state index is 12.4. The first-order chi connectivity index (χ1) is 9.81. The quantitative estimate of drug-likeness (QED) is 0.795. The van der Waals surface area contributed by atoms with Gasteiger partial charge in [0.05, 0.1) is 6.54 Å². The zero-order valence-corrected chi connectivity index (χ0v) is 12.7. The van der Waals surface area contributed by atoms with E-state index in [1.807, 2.05) is 17.5 Å². The first-order valence-corrected chi connectivity index (χ1v) is 7.20. The minimum atomic E-state index is -1.25. The van der Waals surface area contributed by atoms with E-state index in [0.29, 0.717) is 6.54 Å². The third-order valence-corrected chi connectivity index (χ3v) is 3.56. The molecule has 0 unspecified atom stereocenters. The predicted molar refractivity (Wildman–Crippen MR) is 77.2 cm³/mol. The van der Waals surface area contributed by atoms with Crippen LogP contribution in [0.3, 0.4) is 0 Å². The first kappa shape index (κ1) is 17.0. The molecule has 1 heterocycles. The van der Waals surface area contributed by atoms with Crippen molar-refractivity contribution in [2.75, 3.05) is 13.1 Å². The molecule has 2 amide bonds. The minimum Gasteiger partial charge on any atom is -0.480 e. The standard InChI is InChI=1S/C13H18N2O5S/c1-9(2)15(6-10-4-3-5-21-10)13(20)14(7-11(16)17)8-12(18)19/h3-5,9H,6-8H2,1-2H3,(H,16,17)(H,18,19). The number of carboxylic acids is 2. The largest absolute Gasteiger partial charge is 0.480 e. The van der Waals surface area contributed by atoms with E-state index >= 15 is 0 Å². The van der Waals surface area contributed by atoms with Gasteiger partial charge in [0.1, 0.15) is 13.1 Å². The summed E-state index contributed by atoms with van der Waals surface area (Å²) in [6, 6.07) is 2.95. The second-order valence-electron chi connectivity index (χ2n) is 4.73. The van der Waals surface area contributed by atoms with Crippen molar-refractivity contribution >= 4 is 29.3 Å². The van der Waals surface area contributed by atoms with Crippen LogP contribution in [0, 0.1) is 0 Å². The van der Waals surface area contributed by atoms with Gasteiger partial charge in [-0.25, -0.2) is 4.79 Å². The smallest absolute Gasteiger partial charge is 0.323 e. The lowest BCUT2D eigenvalue weighted by Crippen LogP contribution is -2.49. The number of hydrogen-bond donors (Lipinski definition) is 2. The number of rotatable bonds is 7. The lowest BCUT2D eigenvalue weighted by atomic mass is 10.3. The molecule has 0 atom stereocenters. The van der Waals surface area contributed by atoms with Crippen molar-refractivity contribution in [3.05, 3.63) is 22.4 Å². The molecule has 0 radical (unpaired) electrons. The SMILES string of the molecule is CC(C)N(Cc1cccs1)C(=O)N(CC(=O)O)CC(=O)O. The van der Waals surface area contributed by atoms with Crippen LogP contribution in [0.4, 0.5) is 4.79 Å². The summed E-state index contributed by atoms with van der Waals surface area (Å²) >= 11 is 1.48. The normalized spacial score (nSPS) is 10.4. The molecule has 0 aliphatic rings. The molecular formula is C13H18N2O5S. The van der Waals surface area contributed by atoms with Gasteiger partial charge in [-0.05, 0) is 25.3 Å². The summed E-state index contributed by atoms with van der Waals surface area (Å²) in [6.45, 7) is 2.64. The fourth-order valence-electron chi connectivity index (χ4n) is 1.74. The summed E-state index contributed by atoms with van der Waals surface area (Å²) < 4.78 is 0. The van der Waals surface area contributed by atoms with Crippen molar-refractivity contribution in [3.63, 3.8) is 0 Å². The third-order valence-electron chi connectivity index (χ3n) is 2.70. The highest BCUT2D eigenvalue weighted by atomic mass is 32.1. The van der Waals surface area contributed by atoms with Crippen molar-refractivity contribution in [1.29, 1.82) is 0 Å². The number of urea groups is 1. The van der Waals surface area contributed by atoms with E-state index in [4.69, 9.17) is 10.2 Å².